The Kier molecular flexibility index (Phi) is 11.2. The van der Waals surface area contributed by atoms with Gasteiger partial charge in [-0.3, -0.25) is 13.9 Å². The zero-order chi connectivity index (χ0) is 30.3. The summed E-state index contributed by atoms with van der Waals surface area (Å²) in [5.74, 6) is -0.875. The van der Waals surface area contributed by atoms with Crippen molar-refractivity contribution in [1.82, 2.24) is 10.2 Å². The largest absolute Gasteiger partial charge is 0.352 e. The van der Waals surface area contributed by atoms with Crippen molar-refractivity contribution in [3.8, 4) is 0 Å². The molecule has 0 heterocycles. The number of hydrogen-bond acceptors (Lipinski definition) is 4. The van der Waals surface area contributed by atoms with Gasteiger partial charge in [-0.05, 0) is 73.7 Å². The van der Waals surface area contributed by atoms with Crippen LogP contribution < -0.4 is 9.62 Å². The molecule has 3 rings (SSSR count). The van der Waals surface area contributed by atoms with Gasteiger partial charge in [0.2, 0.25) is 21.8 Å². The lowest BCUT2D eigenvalue weighted by Crippen LogP contribution is -2.54. The molecule has 3 aromatic rings. The molecule has 0 aliphatic heterocycles. The molecule has 220 valence electrons. The molecule has 0 aromatic heterocycles. The van der Waals surface area contributed by atoms with E-state index < -0.39 is 28.5 Å². The molecule has 1 N–H and O–H groups in total. The molecule has 2 amide bonds. The quantitative estimate of drug-likeness (QED) is 0.273. The number of nitrogens with one attached hydrogen (secondary N) is 1. The molecular formula is C31H37Cl2N3O4S. The Morgan fingerprint density at radius 2 is 1.59 bits per heavy atom. The van der Waals surface area contributed by atoms with Gasteiger partial charge in [0.25, 0.3) is 0 Å². The van der Waals surface area contributed by atoms with E-state index in [1.165, 1.54) is 4.90 Å². The van der Waals surface area contributed by atoms with Crippen molar-refractivity contribution in [3.63, 3.8) is 0 Å². The zero-order valence-electron chi connectivity index (χ0n) is 24.0. The van der Waals surface area contributed by atoms with Crippen LogP contribution in [0.25, 0.3) is 0 Å². The van der Waals surface area contributed by atoms with E-state index in [2.05, 4.69) is 5.32 Å². The highest BCUT2D eigenvalue weighted by molar-refractivity contribution is 7.92. The van der Waals surface area contributed by atoms with Crippen LogP contribution in [-0.2, 0) is 32.6 Å². The molecule has 0 unspecified atom stereocenters. The van der Waals surface area contributed by atoms with Crippen LogP contribution in [0.2, 0.25) is 10.0 Å². The maximum Gasteiger partial charge on any atom is 0.244 e. The Morgan fingerprint density at radius 3 is 2.15 bits per heavy atom. The number of hydrogen-bond donors (Lipinski definition) is 1. The van der Waals surface area contributed by atoms with Crippen molar-refractivity contribution in [2.45, 2.75) is 59.2 Å². The summed E-state index contributed by atoms with van der Waals surface area (Å²) in [6, 6.07) is 18.6. The van der Waals surface area contributed by atoms with Crippen LogP contribution >= 0.6 is 23.2 Å². The Bertz CT molecular complexity index is 1460. The van der Waals surface area contributed by atoms with Gasteiger partial charge in [-0.25, -0.2) is 8.42 Å². The predicted octanol–water partition coefficient (Wildman–Crippen LogP) is 5.93. The molecule has 10 heteroatoms. The van der Waals surface area contributed by atoms with Gasteiger partial charge in [0.15, 0.2) is 0 Å². The van der Waals surface area contributed by atoms with Gasteiger partial charge < -0.3 is 10.2 Å². The second-order valence-electron chi connectivity index (χ2n) is 10.4. The van der Waals surface area contributed by atoms with Gasteiger partial charge in [-0.1, -0.05) is 72.6 Å². The van der Waals surface area contributed by atoms with E-state index >= 15 is 0 Å². The first-order valence-electron chi connectivity index (χ1n) is 13.4. The van der Waals surface area contributed by atoms with Crippen molar-refractivity contribution in [2.24, 2.45) is 0 Å². The van der Waals surface area contributed by atoms with Crippen LogP contribution in [0.4, 0.5) is 5.69 Å². The van der Waals surface area contributed by atoms with E-state index in [4.69, 9.17) is 23.2 Å². The monoisotopic (exact) mass is 617 g/mol. The first-order valence-corrected chi connectivity index (χ1v) is 16.0. The fourth-order valence-electron chi connectivity index (χ4n) is 4.54. The summed E-state index contributed by atoms with van der Waals surface area (Å²) in [5, 5.41) is 3.78. The second kappa shape index (κ2) is 14.2. The number of halogens is 2. The fourth-order valence-corrected chi connectivity index (χ4v) is 5.84. The van der Waals surface area contributed by atoms with E-state index in [0.29, 0.717) is 27.7 Å². The molecule has 3 aromatic carbocycles. The number of carbonyl (C=O) groups is 2. The summed E-state index contributed by atoms with van der Waals surface area (Å²) in [4.78, 5) is 29.3. The predicted molar refractivity (Wildman–Crippen MR) is 167 cm³/mol. The summed E-state index contributed by atoms with van der Waals surface area (Å²) < 4.78 is 27.0. The molecule has 0 saturated heterocycles. The smallest absolute Gasteiger partial charge is 0.244 e. The minimum Gasteiger partial charge on any atom is -0.352 e. The van der Waals surface area contributed by atoms with Gasteiger partial charge in [0, 0.05) is 29.1 Å². The fraction of sp³-hybridized carbons (Fsp3) is 0.355. The normalized spacial score (nSPS) is 12.9. The summed E-state index contributed by atoms with van der Waals surface area (Å²) in [6.07, 6.45) is 1.99. The first kappa shape index (κ1) is 32.4. The van der Waals surface area contributed by atoms with Crippen LogP contribution in [0, 0.1) is 13.8 Å². The van der Waals surface area contributed by atoms with E-state index in [1.807, 2.05) is 64.1 Å². The number of amides is 2. The van der Waals surface area contributed by atoms with E-state index in [-0.39, 0.29) is 24.9 Å². The maximum absolute atomic E-state index is 14.2. The minimum atomic E-state index is -3.85. The van der Waals surface area contributed by atoms with Gasteiger partial charge in [0.1, 0.15) is 12.6 Å². The summed E-state index contributed by atoms with van der Waals surface area (Å²) in [6.45, 7) is 7.07. The average molecular weight is 619 g/mol. The molecule has 7 nitrogen and oxygen atoms in total. The number of benzene rings is 3. The van der Waals surface area contributed by atoms with Gasteiger partial charge in [-0.15, -0.1) is 0 Å². The highest BCUT2D eigenvalue weighted by atomic mass is 35.5. The van der Waals surface area contributed by atoms with Crippen molar-refractivity contribution >= 4 is 50.7 Å². The van der Waals surface area contributed by atoms with E-state index in [0.717, 1.165) is 27.3 Å². The van der Waals surface area contributed by atoms with Crippen molar-refractivity contribution in [3.05, 3.63) is 99.0 Å². The third-order valence-corrected chi connectivity index (χ3v) is 8.53. The van der Waals surface area contributed by atoms with Crippen molar-refractivity contribution < 1.29 is 18.0 Å². The molecule has 41 heavy (non-hydrogen) atoms. The number of carbonyl (C=O) groups excluding carboxylic acids is 2. The molecule has 0 saturated carbocycles. The molecular weight excluding hydrogens is 581 g/mol. The summed E-state index contributed by atoms with van der Waals surface area (Å²) >= 11 is 12.6. The van der Waals surface area contributed by atoms with Crippen molar-refractivity contribution in [2.75, 3.05) is 17.1 Å². The summed E-state index contributed by atoms with van der Waals surface area (Å²) in [5.41, 5.74) is 3.54. The van der Waals surface area contributed by atoms with Gasteiger partial charge in [-0.2, -0.15) is 0 Å². The Hall–Kier alpha value is -3.07. The maximum atomic E-state index is 14.2. The molecule has 0 radical (unpaired) electrons. The van der Waals surface area contributed by atoms with Crippen molar-refractivity contribution in [1.29, 1.82) is 0 Å². The van der Waals surface area contributed by atoms with Crippen LogP contribution in [0.3, 0.4) is 0 Å². The number of sulfonamides is 1. The molecule has 0 aliphatic rings. The third kappa shape index (κ3) is 9.21. The number of aryl methyl sites for hydroxylation is 2. The van der Waals surface area contributed by atoms with Crippen LogP contribution in [0.15, 0.2) is 66.7 Å². The molecule has 0 aliphatic carbocycles. The lowest BCUT2D eigenvalue weighted by Gasteiger charge is -2.34. The Morgan fingerprint density at radius 1 is 0.951 bits per heavy atom. The molecule has 0 bridgehead atoms. The lowest BCUT2D eigenvalue weighted by atomic mass is 10.0. The van der Waals surface area contributed by atoms with Gasteiger partial charge in [0.05, 0.1) is 11.9 Å². The topological polar surface area (TPSA) is 86.8 Å². The molecule has 2 atom stereocenters. The van der Waals surface area contributed by atoms with E-state index in [1.54, 1.807) is 30.3 Å². The third-order valence-electron chi connectivity index (χ3n) is 6.80. The Labute approximate surface area is 253 Å². The van der Waals surface area contributed by atoms with Crippen LogP contribution in [0.5, 0.6) is 0 Å². The number of anilines is 1. The number of nitrogens with zero attached hydrogens (tertiary/aromatic N) is 2. The molecule has 0 fully saturated rings. The Balaban J connectivity index is 2.11. The van der Waals surface area contributed by atoms with Crippen LogP contribution in [0.1, 0.15) is 42.5 Å². The summed E-state index contributed by atoms with van der Waals surface area (Å²) in [7, 11) is -3.85. The SMILES string of the molecule is CC[C@@H](C)NC(=O)[C@H](Cc1ccccc1)N(Cc1ccc(Cl)cc1Cl)C(=O)CN(c1cc(C)cc(C)c1)S(C)(=O)=O. The van der Waals surface area contributed by atoms with Gasteiger partial charge >= 0.3 is 0 Å². The first-order chi connectivity index (χ1) is 19.3. The highest BCUT2D eigenvalue weighted by Crippen LogP contribution is 2.26. The lowest BCUT2D eigenvalue weighted by molar-refractivity contribution is -0.140. The zero-order valence-corrected chi connectivity index (χ0v) is 26.4. The molecule has 0 spiro atoms. The highest BCUT2D eigenvalue weighted by Gasteiger charge is 2.33. The number of rotatable bonds is 12. The standard InChI is InChI=1S/C31H37Cl2N3O4S/c1-6-23(4)34-31(38)29(17-24-10-8-7-9-11-24)35(19-25-12-13-26(32)18-28(25)33)30(37)20-36(41(5,39)40)27-15-21(2)14-22(3)16-27/h7-16,18,23,29H,6,17,19-20H2,1-5H3,(H,34,38)/t23-,29+/m1/s1. The second-order valence-corrected chi connectivity index (χ2v) is 13.1. The van der Waals surface area contributed by atoms with Crippen LogP contribution in [-0.4, -0.2) is 50.0 Å². The minimum absolute atomic E-state index is 0.0231. The van der Waals surface area contributed by atoms with E-state index in [9.17, 15) is 18.0 Å². The average Bonchev–Trinajstić information content (AvgIpc) is 2.89.